The van der Waals surface area contributed by atoms with E-state index >= 15 is 0 Å². The van der Waals surface area contributed by atoms with Crippen LogP contribution in [0.5, 0.6) is 0 Å². The molecule has 2 unspecified atom stereocenters. The predicted molar refractivity (Wildman–Crippen MR) is 116 cm³/mol. The number of hydrogen-bond donors (Lipinski definition) is 1. The van der Waals surface area contributed by atoms with E-state index in [0.29, 0.717) is 42.2 Å². The average Bonchev–Trinajstić information content (AvgIpc) is 3.46. The molecule has 1 N–H and O–H groups in total. The zero-order valence-corrected chi connectivity index (χ0v) is 18.7. The van der Waals surface area contributed by atoms with Crippen molar-refractivity contribution in [1.82, 2.24) is 14.1 Å². The Labute approximate surface area is 178 Å². The molecule has 2 heterocycles. The van der Waals surface area contributed by atoms with Crippen molar-refractivity contribution in [2.75, 3.05) is 18.4 Å². The summed E-state index contributed by atoms with van der Waals surface area (Å²) in [7, 11) is -3.55. The first-order valence-corrected chi connectivity index (χ1v) is 12.1. The van der Waals surface area contributed by atoms with Gasteiger partial charge >= 0.3 is 0 Å². The van der Waals surface area contributed by atoms with Crippen LogP contribution < -0.4 is 5.32 Å². The van der Waals surface area contributed by atoms with Crippen molar-refractivity contribution in [3.63, 3.8) is 0 Å². The highest BCUT2D eigenvalue weighted by molar-refractivity contribution is 7.89. The lowest BCUT2D eigenvalue weighted by molar-refractivity contribution is 0.102. The third-order valence-electron chi connectivity index (χ3n) is 5.97. The van der Waals surface area contributed by atoms with Gasteiger partial charge in [-0.1, -0.05) is 13.8 Å². The molecule has 2 fully saturated rings. The number of carbonyl (C=O) groups excluding carboxylic acids is 1. The molecule has 0 radical (unpaired) electrons. The number of anilines is 1. The third kappa shape index (κ3) is 4.44. The predicted octanol–water partition coefficient (Wildman–Crippen LogP) is 3.52. The standard InChI is InChI=1S/C22H30N4O3S/c1-15-10-16(2)13-25(12-15)30(28,29)20-8-6-19(7-9-20)22(27)24-21-17(3)11-23-26(21)14-18-4-5-18/h6-9,11,15-16,18H,4-5,10,12-14H2,1-3H3,(H,24,27). The summed E-state index contributed by atoms with van der Waals surface area (Å²) in [4.78, 5) is 13.0. The van der Waals surface area contributed by atoms with Crippen molar-refractivity contribution >= 4 is 21.7 Å². The highest BCUT2D eigenvalue weighted by atomic mass is 32.2. The van der Waals surface area contributed by atoms with Gasteiger partial charge in [0.1, 0.15) is 5.82 Å². The highest BCUT2D eigenvalue weighted by Gasteiger charge is 2.31. The van der Waals surface area contributed by atoms with E-state index in [-0.39, 0.29) is 10.8 Å². The van der Waals surface area contributed by atoms with Gasteiger partial charge in [-0.15, -0.1) is 0 Å². The second kappa shape index (κ2) is 8.15. The Morgan fingerprint density at radius 3 is 2.37 bits per heavy atom. The SMILES string of the molecule is Cc1cnn(CC2CC2)c1NC(=O)c1ccc(S(=O)(=O)N2CC(C)CC(C)C2)cc1. The number of sulfonamides is 1. The minimum absolute atomic E-state index is 0.232. The molecule has 8 heteroatoms. The number of aryl methyl sites for hydroxylation is 1. The van der Waals surface area contributed by atoms with Crippen LogP contribution in [0.25, 0.3) is 0 Å². The number of nitrogens with one attached hydrogen (secondary N) is 1. The van der Waals surface area contributed by atoms with Crippen LogP contribution in [0.15, 0.2) is 35.4 Å². The summed E-state index contributed by atoms with van der Waals surface area (Å²) in [5.74, 6) is 1.78. The number of rotatable bonds is 6. The van der Waals surface area contributed by atoms with E-state index in [1.165, 1.54) is 25.0 Å². The van der Waals surface area contributed by atoms with Crippen molar-refractivity contribution in [2.45, 2.75) is 51.5 Å². The van der Waals surface area contributed by atoms with Gasteiger partial charge in [0.25, 0.3) is 5.91 Å². The van der Waals surface area contributed by atoms with Gasteiger partial charge in [-0.05, 0) is 68.2 Å². The summed E-state index contributed by atoms with van der Waals surface area (Å²) in [5, 5.41) is 7.31. The number of aromatic nitrogens is 2. The summed E-state index contributed by atoms with van der Waals surface area (Å²) in [6.07, 6.45) is 5.21. The van der Waals surface area contributed by atoms with Gasteiger partial charge in [0.2, 0.25) is 10.0 Å². The molecule has 2 aliphatic rings. The number of nitrogens with zero attached hydrogens (tertiary/aromatic N) is 3. The van der Waals surface area contributed by atoms with E-state index in [4.69, 9.17) is 0 Å². The Morgan fingerprint density at radius 1 is 1.13 bits per heavy atom. The number of benzene rings is 1. The van der Waals surface area contributed by atoms with Crippen molar-refractivity contribution in [2.24, 2.45) is 17.8 Å². The van der Waals surface area contributed by atoms with Crippen molar-refractivity contribution in [3.8, 4) is 0 Å². The second-order valence-corrected chi connectivity index (χ2v) is 11.0. The fraction of sp³-hybridized carbons (Fsp3) is 0.545. The van der Waals surface area contributed by atoms with Crippen LogP contribution in [0.1, 0.15) is 49.0 Å². The quantitative estimate of drug-likeness (QED) is 0.760. The van der Waals surface area contributed by atoms with Crippen LogP contribution in [0, 0.1) is 24.7 Å². The van der Waals surface area contributed by atoms with Crippen molar-refractivity contribution in [1.29, 1.82) is 0 Å². The topological polar surface area (TPSA) is 84.3 Å². The van der Waals surface area contributed by atoms with Gasteiger partial charge in [0.05, 0.1) is 11.1 Å². The number of carbonyl (C=O) groups is 1. The summed E-state index contributed by atoms with van der Waals surface area (Å²) in [6, 6.07) is 6.22. The summed E-state index contributed by atoms with van der Waals surface area (Å²) >= 11 is 0. The molecular weight excluding hydrogens is 400 g/mol. The molecule has 7 nitrogen and oxygen atoms in total. The molecule has 1 amide bonds. The van der Waals surface area contributed by atoms with Gasteiger partial charge in [-0.3, -0.25) is 4.79 Å². The first-order valence-electron chi connectivity index (χ1n) is 10.7. The number of piperidine rings is 1. The smallest absolute Gasteiger partial charge is 0.256 e. The van der Waals surface area contributed by atoms with Crippen molar-refractivity contribution in [3.05, 3.63) is 41.6 Å². The maximum atomic E-state index is 13.0. The van der Waals surface area contributed by atoms with E-state index in [0.717, 1.165) is 18.5 Å². The second-order valence-electron chi connectivity index (χ2n) is 9.05. The summed E-state index contributed by atoms with van der Waals surface area (Å²) < 4.78 is 29.5. The fourth-order valence-electron chi connectivity index (χ4n) is 4.23. The molecule has 0 spiro atoms. The lowest BCUT2D eigenvalue weighted by atomic mass is 9.94. The molecule has 1 saturated carbocycles. The molecule has 2 aromatic rings. The van der Waals surface area contributed by atoms with Gasteiger partial charge < -0.3 is 5.32 Å². The van der Waals surface area contributed by atoms with Crippen LogP contribution in [-0.2, 0) is 16.6 Å². The largest absolute Gasteiger partial charge is 0.307 e. The molecule has 162 valence electrons. The van der Waals surface area contributed by atoms with E-state index in [2.05, 4.69) is 24.3 Å². The highest BCUT2D eigenvalue weighted by Crippen LogP contribution is 2.32. The third-order valence-corrected chi connectivity index (χ3v) is 7.82. The minimum Gasteiger partial charge on any atom is -0.307 e. The summed E-state index contributed by atoms with van der Waals surface area (Å²) in [5.41, 5.74) is 1.34. The van der Waals surface area contributed by atoms with Crippen LogP contribution in [0.4, 0.5) is 5.82 Å². The molecule has 1 saturated heterocycles. The van der Waals surface area contributed by atoms with Crippen molar-refractivity contribution < 1.29 is 13.2 Å². The Hall–Kier alpha value is -2.19. The molecule has 1 aliphatic heterocycles. The molecule has 0 bridgehead atoms. The molecule has 2 atom stereocenters. The number of amides is 1. The first kappa shape index (κ1) is 21.1. The van der Waals surface area contributed by atoms with Crippen LogP contribution in [0.3, 0.4) is 0 Å². The molecular formula is C22H30N4O3S. The molecule has 30 heavy (non-hydrogen) atoms. The monoisotopic (exact) mass is 430 g/mol. The molecule has 1 aliphatic carbocycles. The Kier molecular flexibility index (Phi) is 5.72. The maximum Gasteiger partial charge on any atom is 0.256 e. The van der Waals surface area contributed by atoms with E-state index < -0.39 is 10.0 Å². The molecule has 4 rings (SSSR count). The zero-order chi connectivity index (χ0) is 21.5. The van der Waals surface area contributed by atoms with Crippen LogP contribution >= 0.6 is 0 Å². The Morgan fingerprint density at radius 2 is 1.77 bits per heavy atom. The molecule has 1 aromatic carbocycles. The summed E-state index contributed by atoms with van der Waals surface area (Å²) in [6.45, 7) is 7.98. The lowest BCUT2D eigenvalue weighted by Gasteiger charge is -2.34. The fourth-order valence-corrected chi connectivity index (χ4v) is 5.91. The minimum atomic E-state index is -3.55. The van der Waals surface area contributed by atoms with E-state index in [9.17, 15) is 13.2 Å². The Bertz CT molecular complexity index is 1020. The van der Waals surface area contributed by atoms with Gasteiger partial charge in [-0.25, -0.2) is 13.1 Å². The number of hydrogen-bond acceptors (Lipinski definition) is 4. The first-order chi connectivity index (χ1) is 14.2. The van der Waals surface area contributed by atoms with Gasteiger partial charge in [-0.2, -0.15) is 9.40 Å². The van der Waals surface area contributed by atoms with E-state index in [1.54, 1.807) is 22.6 Å². The lowest BCUT2D eigenvalue weighted by Crippen LogP contribution is -2.42. The van der Waals surface area contributed by atoms with E-state index in [1.807, 2.05) is 11.6 Å². The van der Waals surface area contributed by atoms with Crippen LogP contribution in [0.2, 0.25) is 0 Å². The maximum absolute atomic E-state index is 13.0. The van der Waals surface area contributed by atoms with Crippen LogP contribution in [-0.4, -0.2) is 41.5 Å². The Balaban J connectivity index is 1.48. The molecule has 1 aromatic heterocycles. The zero-order valence-electron chi connectivity index (χ0n) is 17.8. The average molecular weight is 431 g/mol. The van der Waals surface area contributed by atoms with Gasteiger partial charge in [0.15, 0.2) is 0 Å². The normalized spacial score (nSPS) is 22.8. The van der Waals surface area contributed by atoms with Gasteiger partial charge in [0, 0.05) is 30.8 Å².